The Hall–Kier alpha value is -1.56. The second-order valence-electron chi connectivity index (χ2n) is 5.38. The summed E-state index contributed by atoms with van der Waals surface area (Å²) in [6.45, 7) is 0. The molecule has 1 fully saturated rings. The Balaban J connectivity index is 2.24. The van der Waals surface area contributed by atoms with Crippen LogP contribution < -0.4 is 5.32 Å². The predicted molar refractivity (Wildman–Crippen MR) is 75.4 cm³/mol. The fraction of sp³-hybridized carbons (Fsp3) is 0.467. The third kappa shape index (κ3) is 4.22. The third-order valence-corrected chi connectivity index (χ3v) is 4.05. The number of nitrogens with one attached hydrogen (secondary N) is 1. The molecule has 1 aliphatic rings. The number of hydrogen-bond donors (Lipinski definition) is 1. The number of Topliss-reactive ketones (excluding diaryl/α,β-unsaturated/α-hetero) is 1. The van der Waals surface area contributed by atoms with Gasteiger partial charge in [-0.05, 0) is 36.5 Å². The largest absolute Gasteiger partial charge is 0.471 e. The van der Waals surface area contributed by atoms with Gasteiger partial charge in [-0.15, -0.1) is 0 Å². The molecule has 0 aliphatic heterocycles. The highest BCUT2D eigenvalue weighted by molar-refractivity contribution is 6.30. The summed E-state index contributed by atoms with van der Waals surface area (Å²) in [5.41, 5.74) is 0.518. The normalized spacial score (nSPS) is 18.1. The van der Waals surface area contributed by atoms with Gasteiger partial charge in [-0.1, -0.05) is 23.7 Å². The number of carbonyl (C=O) groups is 2. The van der Waals surface area contributed by atoms with Gasteiger partial charge in [0, 0.05) is 17.9 Å². The van der Waals surface area contributed by atoms with Gasteiger partial charge in [-0.3, -0.25) is 9.59 Å². The number of amides is 1. The van der Waals surface area contributed by atoms with Crippen molar-refractivity contribution in [1.82, 2.24) is 5.32 Å². The van der Waals surface area contributed by atoms with E-state index in [2.05, 4.69) is 5.32 Å². The van der Waals surface area contributed by atoms with Gasteiger partial charge in [0.1, 0.15) is 5.78 Å². The van der Waals surface area contributed by atoms with E-state index in [0.29, 0.717) is 36.3 Å². The first-order valence-electron chi connectivity index (χ1n) is 6.92. The topological polar surface area (TPSA) is 46.2 Å². The summed E-state index contributed by atoms with van der Waals surface area (Å²) in [5, 5.41) is 2.44. The zero-order chi connectivity index (χ0) is 16.3. The molecule has 7 heteroatoms. The number of alkyl halides is 3. The number of hydrogen-bond acceptors (Lipinski definition) is 2. The average Bonchev–Trinajstić information content (AvgIpc) is 2.44. The molecule has 0 spiro atoms. The van der Waals surface area contributed by atoms with Crippen molar-refractivity contribution < 1.29 is 22.8 Å². The maximum atomic E-state index is 12.5. The van der Waals surface area contributed by atoms with Crippen LogP contribution in [0, 0.1) is 5.92 Å². The quantitative estimate of drug-likeness (QED) is 0.914. The zero-order valence-electron chi connectivity index (χ0n) is 11.6. The molecule has 1 aromatic rings. The van der Waals surface area contributed by atoms with Crippen molar-refractivity contribution in [2.75, 3.05) is 0 Å². The van der Waals surface area contributed by atoms with Crippen LogP contribution in [0.25, 0.3) is 0 Å². The van der Waals surface area contributed by atoms with E-state index in [0.717, 1.165) is 0 Å². The molecule has 1 aromatic carbocycles. The lowest BCUT2D eigenvalue weighted by atomic mass is 9.80. The molecule has 3 nitrogen and oxygen atoms in total. The van der Waals surface area contributed by atoms with Crippen LogP contribution in [0.15, 0.2) is 24.3 Å². The lowest BCUT2D eigenvalue weighted by Crippen LogP contribution is -2.42. The minimum absolute atomic E-state index is 0.100. The maximum Gasteiger partial charge on any atom is 0.471 e. The molecule has 120 valence electrons. The van der Waals surface area contributed by atoms with Gasteiger partial charge in [-0.25, -0.2) is 0 Å². The highest BCUT2D eigenvalue weighted by Crippen LogP contribution is 2.35. The van der Waals surface area contributed by atoms with Crippen LogP contribution in [0.5, 0.6) is 0 Å². The summed E-state index contributed by atoms with van der Waals surface area (Å²) < 4.78 is 37.6. The van der Waals surface area contributed by atoms with E-state index in [-0.39, 0.29) is 11.7 Å². The van der Waals surface area contributed by atoms with Crippen molar-refractivity contribution in [3.63, 3.8) is 0 Å². The Morgan fingerprint density at radius 3 is 2.45 bits per heavy atom. The van der Waals surface area contributed by atoms with Crippen molar-refractivity contribution in [3.05, 3.63) is 34.9 Å². The molecule has 22 heavy (non-hydrogen) atoms. The molecular formula is C15H15ClF3NO2. The van der Waals surface area contributed by atoms with Gasteiger partial charge in [0.05, 0.1) is 6.04 Å². The van der Waals surface area contributed by atoms with Gasteiger partial charge < -0.3 is 5.32 Å². The van der Waals surface area contributed by atoms with E-state index in [1.165, 1.54) is 0 Å². The van der Waals surface area contributed by atoms with E-state index < -0.39 is 18.1 Å². The van der Waals surface area contributed by atoms with Crippen molar-refractivity contribution in [2.45, 2.75) is 37.9 Å². The Bertz CT molecular complexity index is 564. The van der Waals surface area contributed by atoms with E-state index in [1.807, 2.05) is 0 Å². The first kappa shape index (κ1) is 16.8. The highest BCUT2D eigenvalue weighted by Gasteiger charge is 2.41. The molecule has 1 unspecified atom stereocenters. The monoisotopic (exact) mass is 333 g/mol. The lowest BCUT2D eigenvalue weighted by Gasteiger charge is -2.31. The molecule has 0 bridgehead atoms. The van der Waals surface area contributed by atoms with Crippen molar-refractivity contribution >= 4 is 23.3 Å². The Kier molecular flexibility index (Phi) is 5.11. The summed E-state index contributed by atoms with van der Waals surface area (Å²) in [6, 6.07) is 5.60. The van der Waals surface area contributed by atoms with E-state index in [9.17, 15) is 22.8 Å². The summed E-state index contributed by atoms with van der Waals surface area (Å²) in [7, 11) is 0. The second kappa shape index (κ2) is 6.69. The number of benzene rings is 1. The van der Waals surface area contributed by atoms with Crippen LogP contribution in [0.2, 0.25) is 5.02 Å². The van der Waals surface area contributed by atoms with E-state index in [1.54, 1.807) is 24.3 Å². The number of rotatable bonds is 3. The summed E-state index contributed by atoms with van der Waals surface area (Å²) in [4.78, 5) is 22.6. The molecule has 0 aromatic heterocycles. The molecule has 1 amide bonds. The smallest absolute Gasteiger partial charge is 0.341 e. The average molecular weight is 334 g/mol. The van der Waals surface area contributed by atoms with Crippen molar-refractivity contribution in [3.8, 4) is 0 Å². The minimum atomic E-state index is -4.94. The Morgan fingerprint density at radius 1 is 1.27 bits per heavy atom. The summed E-state index contributed by atoms with van der Waals surface area (Å²) in [6.07, 6.45) is -3.39. The minimum Gasteiger partial charge on any atom is -0.341 e. The predicted octanol–water partition coefficient (Wildman–Crippen LogP) is 3.82. The van der Waals surface area contributed by atoms with Crippen LogP contribution in [0.4, 0.5) is 13.2 Å². The van der Waals surface area contributed by atoms with Crippen molar-refractivity contribution in [2.24, 2.45) is 5.92 Å². The molecule has 0 radical (unpaired) electrons. The standard InChI is InChI=1S/C15H15ClF3NO2/c16-11-3-1-2-10(8-11)13(20-14(22)15(17,18)19)9-4-6-12(21)7-5-9/h1-3,8-9,13H,4-7H2,(H,20,22). The molecular weight excluding hydrogens is 319 g/mol. The first-order valence-corrected chi connectivity index (χ1v) is 7.30. The molecule has 0 heterocycles. The molecule has 1 N–H and O–H groups in total. The van der Waals surface area contributed by atoms with Crippen LogP contribution in [0.1, 0.15) is 37.3 Å². The third-order valence-electron chi connectivity index (χ3n) is 3.81. The fourth-order valence-corrected chi connectivity index (χ4v) is 2.89. The Morgan fingerprint density at radius 2 is 1.91 bits per heavy atom. The second-order valence-corrected chi connectivity index (χ2v) is 5.82. The van der Waals surface area contributed by atoms with Gasteiger partial charge in [0.2, 0.25) is 0 Å². The number of halogens is 4. The zero-order valence-corrected chi connectivity index (χ0v) is 12.4. The maximum absolute atomic E-state index is 12.5. The molecule has 1 aliphatic carbocycles. The number of ketones is 1. The van der Waals surface area contributed by atoms with Gasteiger partial charge in [0.25, 0.3) is 0 Å². The van der Waals surface area contributed by atoms with Crippen LogP contribution in [-0.4, -0.2) is 17.9 Å². The molecule has 1 atom stereocenters. The van der Waals surface area contributed by atoms with E-state index >= 15 is 0 Å². The van der Waals surface area contributed by atoms with Crippen molar-refractivity contribution in [1.29, 1.82) is 0 Å². The summed E-state index contributed by atoms with van der Waals surface area (Å²) in [5.74, 6) is -2.10. The van der Waals surface area contributed by atoms with Crippen LogP contribution >= 0.6 is 11.6 Å². The van der Waals surface area contributed by atoms with E-state index in [4.69, 9.17) is 11.6 Å². The SMILES string of the molecule is O=C1CCC(C(NC(=O)C(F)(F)F)c2cccc(Cl)c2)CC1. The van der Waals surface area contributed by atoms with Gasteiger partial charge >= 0.3 is 12.1 Å². The summed E-state index contributed by atoms with van der Waals surface area (Å²) >= 11 is 5.89. The molecule has 0 saturated heterocycles. The number of carbonyl (C=O) groups excluding carboxylic acids is 2. The Labute approximate surface area is 130 Å². The van der Waals surface area contributed by atoms with Gasteiger partial charge in [-0.2, -0.15) is 13.2 Å². The highest BCUT2D eigenvalue weighted by atomic mass is 35.5. The lowest BCUT2D eigenvalue weighted by molar-refractivity contribution is -0.175. The van der Waals surface area contributed by atoms with Gasteiger partial charge in [0.15, 0.2) is 0 Å². The molecule has 2 rings (SSSR count). The van der Waals surface area contributed by atoms with Crippen LogP contribution in [0.3, 0.4) is 0 Å². The fourth-order valence-electron chi connectivity index (χ4n) is 2.69. The van der Waals surface area contributed by atoms with Crippen LogP contribution in [-0.2, 0) is 9.59 Å². The molecule has 1 saturated carbocycles. The first-order chi connectivity index (χ1) is 10.3.